The molecule has 0 spiro atoms. The van der Waals surface area contributed by atoms with E-state index in [4.69, 9.17) is 11.6 Å². The van der Waals surface area contributed by atoms with Crippen LogP contribution in [0, 0.1) is 6.92 Å². The van der Waals surface area contributed by atoms with Crippen molar-refractivity contribution in [3.8, 4) is 0 Å². The molecule has 2 aromatic carbocycles. The van der Waals surface area contributed by atoms with E-state index in [2.05, 4.69) is 5.32 Å². The fourth-order valence-corrected chi connectivity index (χ4v) is 2.00. The molecule has 0 aliphatic heterocycles. The van der Waals surface area contributed by atoms with E-state index in [0.29, 0.717) is 18.0 Å². The maximum absolute atomic E-state index is 12.0. The number of hydrogen-bond acceptors (Lipinski definition) is 1. The molecule has 0 fully saturated rings. The summed E-state index contributed by atoms with van der Waals surface area (Å²) in [6.45, 7) is 2.50. The van der Waals surface area contributed by atoms with E-state index in [0.717, 1.165) is 16.7 Å². The molecule has 0 saturated carbocycles. The molecule has 0 bridgehead atoms. The first-order valence-corrected chi connectivity index (χ1v) is 6.71. The van der Waals surface area contributed by atoms with Gasteiger partial charge in [0.15, 0.2) is 0 Å². The molecule has 1 amide bonds. The zero-order valence-corrected chi connectivity index (χ0v) is 11.6. The van der Waals surface area contributed by atoms with Gasteiger partial charge in [0.1, 0.15) is 0 Å². The predicted molar refractivity (Wildman–Crippen MR) is 78.3 cm³/mol. The van der Waals surface area contributed by atoms with Gasteiger partial charge in [-0.05, 0) is 30.2 Å². The Morgan fingerprint density at radius 3 is 2.42 bits per heavy atom. The second-order valence-electron chi connectivity index (χ2n) is 4.50. The molecule has 19 heavy (non-hydrogen) atoms. The van der Waals surface area contributed by atoms with Gasteiger partial charge in [0.2, 0.25) is 0 Å². The standard InChI is InChI=1S/C16H16ClNO/c1-12-3-2-4-15(9-12)16(19)18-11-14-7-5-13(10-17)6-8-14/h2-9H,10-11H2,1H3,(H,18,19). The van der Waals surface area contributed by atoms with E-state index < -0.39 is 0 Å². The number of hydrogen-bond donors (Lipinski definition) is 1. The SMILES string of the molecule is Cc1cccc(C(=O)NCc2ccc(CCl)cc2)c1. The molecule has 0 atom stereocenters. The molecule has 2 rings (SSSR count). The smallest absolute Gasteiger partial charge is 0.251 e. The minimum Gasteiger partial charge on any atom is -0.348 e. The summed E-state index contributed by atoms with van der Waals surface area (Å²) in [4.78, 5) is 12.0. The van der Waals surface area contributed by atoms with Gasteiger partial charge in [-0.1, -0.05) is 42.0 Å². The zero-order chi connectivity index (χ0) is 13.7. The second kappa shape index (κ2) is 6.39. The zero-order valence-electron chi connectivity index (χ0n) is 10.8. The predicted octanol–water partition coefficient (Wildman–Crippen LogP) is 3.66. The van der Waals surface area contributed by atoms with Crippen LogP contribution < -0.4 is 5.32 Å². The van der Waals surface area contributed by atoms with Crippen LogP contribution in [0.4, 0.5) is 0 Å². The van der Waals surface area contributed by atoms with E-state index in [-0.39, 0.29) is 5.91 Å². The van der Waals surface area contributed by atoms with Gasteiger partial charge in [-0.2, -0.15) is 0 Å². The summed E-state index contributed by atoms with van der Waals surface area (Å²) < 4.78 is 0. The van der Waals surface area contributed by atoms with Gasteiger partial charge in [-0.15, -0.1) is 11.6 Å². The molecular formula is C16H16ClNO. The fraction of sp³-hybridized carbons (Fsp3) is 0.188. The second-order valence-corrected chi connectivity index (χ2v) is 4.77. The number of benzene rings is 2. The van der Waals surface area contributed by atoms with Gasteiger partial charge in [-0.3, -0.25) is 4.79 Å². The largest absolute Gasteiger partial charge is 0.348 e. The lowest BCUT2D eigenvalue weighted by Gasteiger charge is -2.06. The van der Waals surface area contributed by atoms with Crippen molar-refractivity contribution in [2.24, 2.45) is 0 Å². The molecule has 2 aromatic rings. The number of rotatable bonds is 4. The molecular weight excluding hydrogens is 258 g/mol. The van der Waals surface area contributed by atoms with Gasteiger partial charge in [-0.25, -0.2) is 0 Å². The van der Waals surface area contributed by atoms with Crippen molar-refractivity contribution < 1.29 is 4.79 Å². The lowest BCUT2D eigenvalue weighted by molar-refractivity contribution is 0.0951. The fourth-order valence-electron chi connectivity index (χ4n) is 1.82. The maximum atomic E-state index is 12.0. The Kier molecular flexibility index (Phi) is 4.58. The number of carbonyl (C=O) groups is 1. The number of nitrogens with one attached hydrogen (secondary N) is 1. The summed E-state index contributed by atoms with van der Waals surface area (Å²) in [5.41, 5.74) is 3.92. The Hall–Kier alpha value is -1.80. The van der Waals surface area contributed by atoms with Gasteiger partial charge in [0, 0.05) is 18.0 Å². The van der Waals surface area contributed by atoms with Crippen molar-refractivity contribution in [3.05, 3.63) is 70.8 Å². The van der Waals surface area contributed by atoms with Crippen LogP contribution in [0.3, 0.4) is 0 Å². The number of halogens is 1. The third-order valence-electron chi connectivity index (χ3n) is 2.91. The summed E-state index contributed by atoms with van der Waals surface area (Å²) in [5, 5.41) is 2.91. The first-order chi connectivity index (χ1) is 9.19. The van der Waals surface area contributed by atoms with Crippen LogP contribution in [-0.2, 0) is 12.4 Å². The highest BCUT2D eigenvalue weighted by Gasteiger charge is 2.04. The molecule has 0 aliphatic carbocycles. The molecule has 1 N–H and O–H groups in total. The van der Waals surface area contributed by atoms with Crippen molar-refractivity contribution in [3.63, 3.8) is 0 Å². The molecule has 0 heterocycles. The summed E-state index contributed by atoms with van der Waals surface area (Å²) in [7, 11) is 0. The van der Waals surface area contributed by atoms with Gasteiger partial charge >= 0.3 is 0 Å². The van der Waals surface area contributed by atoms with Crippen LogP contribution in [0.15, 0.2) is 48.5 Å². The number of aryl methyl sites for hydroxylation is 1. The Labute approximate surface area is 118 Å². The third-order valence-corrected chi connectivity index (χ3v) is 3.22. The average molecular weight is 274 g/mol. The average Bonchev–Trinajstić information content (AvgIpc) is 2.45. The van der Waals surface area contributed by atoms with Crippen molar-refractivity contribution in [2.75, 3.05) is 0 Å². The normalized spacial score (nSPS) is 10.2. The minimum atomic E-state index is -0.0508. The Morgan fingerprint density at radius 1 is 1.11 bits per heavy atom. The first-order valence-electron chi connectivity index (χ1n) is 6.17. The molecule has 0 saturated heterocycles. The molecule has 0 radical (unpaired) electrons. The highest BCUT2D eigenvalue weighted by molar-refractivity contribution is 6.17. The number of amides is 1. The monoisotopic (exact) mass is 273 g/mol. The first kappa shape index (κ1) is 13.6. The topological polar surface area (TPSA) is 29.1 Å². The van der Waals surface area contributed by atoms with Gasteiger partial charge in [0.05, 0.1) is 0 Å². The number of alkyl halides is 1. The molecule has 0 unspecified atom stereocenters. The van der Waals surface area contributed by atoms with E-state index in [9.17, 15) is 4.79 Å². The maximum Gasteiger partial charge on any atom is 0.251 e. The van der Waals surface area contributed by atoms with Crippen molar-refractivity contribution >= 4 is 17.5 Å². The van der Waals surface area contributed by atoms with Crippen LogP contribution in [0.5, 0.6) is 0 Å². The molecule has 0 aliphatic rings. The lowest BCUT2D eigenvalue weighted by atomic mass is 10.1. The van der Waals surface area contributed by atoms with E-state index in [1.165, 1.54) is 0 Å². The Morgan fingerprint density at radius 2 is 1.79 bits per heavy atom. The Bertz CT molecular complexity index is 563. The number of carbonyl (C=O) groups excluding carboxylic acids is 1. The molecule has 0 aromatic heterocycles. The van der Waals surface area contributed by atoms with Crippen LogP contribution in [0.1, 0.15) is 27.0 Å². The highest BCUT2D eigenvalue weighted by Crippen LogP contribution is 2.08. The van der Waals surface area contributed by atoms with Crippen molar-refractivity contribution in [2.45, 2.75) is 19.3 Å². The lowest BCUT2D eigenvalue weighted by Crippen LogP contribution is -2.22. The summed E-state index contributed by atoms with van der Waals surface area (Å²) in [6.07, 6.45) is 0. The van der Waals surface area contributed by atoms with Crippen LogP contribution in [0.2, 0.25) is 0 Å². The molecule has 2 nitrogen and oxygen atoms in total. The minimum absolute atomic E-state index is 0.0508. The summed E-state index contributed by atoms with van der Waals surface area (Å²) in [6, 6.07) is 15.5. The van der Waals surface area contributed by atoms with E-state index in [1.54, 1.807) is 0 Å². The van der Waals surface area contributed by atoms with Crippen molar-refractivity contribution in [1.82, 2.24) is 5.32 Å². The molecule has 98 valence electrons. The van der Waals surface area contributed by atoms with Crippen LogP contribution in [-0.4, -0.2) is 5.91 Å². The van der Waals surface area contributed by atoms with E-state index >= 15 is 0 Å². The van der Waals surface area contributed by atoms with Crippen LogP contribution >= 0.6 is 11.6 Å². The van der Waals surface area contributed by atoms with Gasteiger partial charge in [0.25, 0.3) is 5.91 Å². The molecule has 3 heteroatoms. The summed E-state index contributed by atoms with van der Waals surface area (Å²) >= 11 is 5.73. The van der Waals surface area contributed by atoms with Crippen molar-refractivity contribution in [1.29, 1.82) is 0 Å². The Balaban J connectivity index is 1.96. The van der Waals surface area contributed by atoms with E-state index in [1.807, 2.05) is 55.5 Å². The quantitative estimate of drug-likeness (QED) is 0.846. The highest BCUT2D eigenvalue weighted by atomic mass is 35.5. The third kappa shape index (κ3) is 3.83. The van der Waals surface area contributed by atoms with Crippen LogP contribution in [0.25, 0.3) is 0 Å². The summed E-state index contributed by atoms with van der Waals surface area (Å²) in [5.74, 6) is 0.459. The van der Waals surface area contributed by atoms with Gasteiger partial charge < -0.3 is 5.32 Å².